The van der Waals surface area contributed by atoms with Crippen LogP contribution in [-0.2, 0) is 0 Å². The second-order valence-corrected chi connectivity index (χ2v) is 11.9. The van der Waals surface area contributed by atoms with Crippen LogP contribution in [0.3, 0.4) is 0 Å². The Kier molecular flexibility index (Phi) is 8.90. The van der Waals surface area contributed by atoms with E-state index in [-0.39, 0.29) is 48.9 Å². The molecule has 1 fully saturated rings. The number of fused-ring (bicyclic) bond motifs is 2. The van der Waals surface area contributed by atoms with Crippen LogP contribution in [0, 0.1) is 12.8 Å². The number of nitrogens with one attached hydrogen (secondary N) is 3. The third kappa shape index (κ3) is 6.32. The molecule has 2 aromatic heterocycles. The average Bonchev–Trinajstić information content (AvgIpc) is 3.54. The molecule has 2 aliphatic heterocycles. The van der Waals surface area contributed by atoms with E-state index >= 15 is 0 Å². The van der Waals surface area contributed by atoms with E-state index < -0.39 is 11.7 Å². The maximum Gasteiger partial charge on any atom is 0.261 e. The van der Waals surface area contributed by atoms with Crippen LogP contribution < -0.4 is 15.6 Å². The fourth-order valence-corrected chi connectivity index (χ4v) is 6.11. The minimum Gasteiger partial charge on any atom is -0.490 e. The molecule has 0 bridgehead atoms. The Morgan fingerprint density at radius 1 is 1.13 bits per heavy atom. The molecule has 4 aromatic rings. The summed E-state index contributed by atoms with van der Waals surface area (Å²) in [5.41, 5.74) is 2.59. The van der Waals surface area contributed by atoms with Crippen molar-refractivity contribution in [2.45, 2.75) is 25.9 Å². The molecule has 45 heavy (non-hydrogen) atoms. The first-order valence-corrected chi connectivity index (χ1v) is 15.4. The van der Waals surface area contributed by atoms with Crippen molar-refractivity contribution in [3.63, 3.8) is 0 Å². The highest BCUT2D eigenvalue weighted by Crippen LogP contribution is 2.32. The van der Waals surface area contributed by atoms with E-state index in [1.54, 1.807) is 36.4 Å². The molecule has 2 amide bonds. The number of rotatable bonds is 11. The van der Waals surface area contributed by atoms with Crippen molar-refractivity contribution in [2.24, 2.45) is 5.92 Å². The molecule has 0 radical (unpaired) electrons. The zero-order chi connectivity index (χ0) is 31.7. The van der Waals surface area contributed by atoms with Crippen molar-refractivity contribution in [1.29, 1.82) is 0 Å². The number of imide groups is 1. The van der Waals surface area contributed by atoms with E-state index in [2.05, 4.69) is 25.2 Å². The van der Waals surface area contributed by atoms with Gasteiger partial charge < -0.3 is 35.1 Å². The first-order chi connectivity index (χ1) is 21.7. The Morgan fingerprint density at radius 3 is 2.64 bits per heavy atom. The van der Waals surface area contributed by atoms with E-state index in [1.165, 1.54) is 11.1 Å². The zero-order valence-electron chi connectivity index (χ0n) is 24.8. The number of pyridine rings is 1. The number of benzene rings is 2. The summed E-state index contributed by atoms with van der Waals surface area (Å²) in [5.74, 6) is 0.355. The van der Waals surface area contributed by atoms with Crippen LogP contribution >= 0.6 is 11.6 Å². The highest BCUT2D eigenvalue weighted by atomic mass is 35.5. The van der Waals surface area contributed by atoms with E-state index in [0.717, 1.165) is 31.5 Å². The summed E-state index contributed by atoms with van der Waals surface area (Å²) < 4.78 is 5.74. The number of amides is 2. The molecule has 6 rings (SSSR count). The number of aromatic nitrogens is 3. The average molecular weight is 635 g/mol. The maximum absolute atomic E-state index is 13.3. The second-order valence-electron chi connectivity index (χ2n) is 11.5. The van der Waals surface area contributed by atoms with Gasteiger partial charge in [-0.15, -0.1) is 0 Å². The minimum atomic E-state index is -0.901. The number of ether oxygens (including phenoxy) is 1. The number of carbonyl (C=O) groups is 2. The number of aromatic amines is 2. The summed E-state index contributed by atoms with van der Waals surface area (Å²) in [5, 5.41) is 23.4. The number of aliphatic hydroxyl groups excluding tert-OH is 2. The van der Waals surface area contributed by atoms with E-state index in [4.69, 9.17) is 16.3 Å². The van der Waals surface area contributed by atoms with E-state index in [9.17, 15) is 24.6 Å². The van der Waals surface area contributed by atoms with Crippen LogP contribution in [-0.4, -0.2) is 98.8 Å². The second kappa shape index (κ2) is 13.0. The summed E-state index contributed by atoms with van der Waals surface area (Å²) in [7, 11) is 0. The molecule has 12 nitrogen and oxygen atoms in total. The van der Waals surface area contributed by atoms with Crippen LogP contribution in [0.5, 0.6) is 5.75 Å². The Bertz CT molecular complexity index is 1740. The molecule has 1 atom stereocenters. The van der Waals surface area contributed by atoms with Crippen LogP contribution in [0.1, 0.15) is 39.1 Å². The van der Waals surface area contributed by atoms with Gasteiger partial charge in [0.15, 0.2) is 0 Å². The molecule has 0 saturated carbocycles. The number of β-amino-alcohol motifs (C(OH)–C–C–N with tert-alkyl or cyclic N) is 1. The summed E-state index contributed by atoms with van der Waals surface area (Å²) in [6.07, 6.45) is 2.30. The monoisotopic (exact) mass is 634 g/mol. The zero-order valence-corrected chi connectivity index (χ0v) is 25.6. The quantitative estimate of drug-likeness (QED) is 0.156. The number of H-pyrrole nitrogens is 2. The van der Waals surface area contributed by atoms with Gasteiger partial charge in [-0.2, -0.15) is 0 Å². The Hall–Kier alpha value is -4.23. The van der Waals surface area contributed by atoms with Gasteiger partial charge in [-0.3, -0.25) is 19.3 Å². The Labute approximate surface area is 264 Å². The molecule has 13 heteroatoms. The fraction of sp³-hybridized carbons (Fsp3) is 0.375. The predicted molar refractivity (Wildman–Crippen MR) is 170 cm³/mol. The third-order valence-electron chi connectivity index (χ3n) is 8.51. The van der Waals surface area contributed by atoms with Crippen LogP contribution in [0.4, 0.5) is 5.69 Å². The smallest absolute Gasteiger partial charge is 0.261 e. The molecule has 0 spiro atoms. The lowest BCUT2D eigenvalue weighted by Crippen LogP contribution is -2.41. The van der Waals surface area contributed by atoms with Gasteiger partial charge >= 0.3 is 0 Å². The number of aliphatic hydroxyl groups is 2. The van der Waals surface area contributed by atoms with Crippen LogP contribution in [0.15, 0.2) is 47.4 Å². The van der Waals surface area contributed by atoms with Crippen molar-refractivity contribution in [3.8, 4) is 17.1 Å². The van der Waals surface area contributed by atoms with Crippen molar-refractivity contribution < 1.29 is 24.5 Å². The number of anilines is 1. The number of imidazole rings is 1. The molecule has 0 aliphatic carbocycles. The van der Waals surface area contributed by atoms with Gasteiger partial charge in [-0.1, -0.05) is 17.7 Å². The lowest BCUT2D eigenvalue weighted by molar-refractivity contribution is 0.0593. The standard InChI is InChI=1S/C32H35ClN6O6/c1-18-23(33)3-2-4-27(18)45-17-20(41)15-35-24-5-8-34-30(42)28(24)29-36-25-13-21-22(14-26(25)37-29)32(44)39(31(21)43)16-19-6-9-38(10-7-19)11-12-40/h2-5,8,13-14,19-20,40-41H,6-7,9-12,15-17H2,1H3,(H,36,37)(H2,34,35,42). The predicted octanol–water partition coefficient (Wildman–Crippen LogP) is 3.03. The van der Waals surface area contributed by atoms with Gasteiger partial charge in [0, 0.05) is 36.4 Å². The summed E-state index contributed by atoms with van der Waals surface area (Å²) in [6, 6.07) is 10.2. The molecule has 236 valence electrons. The van der Waals surface area contributed by atoms with Gasteiger partial charge in [0.25, 0.3) is 17.4 Å². The topological polar surface area (TPSA) is 164 Å². The highest BCUT2D eigenvalue weighted by Gasteiger charge is 2.38. The first-order valence-electron chi connectivity index (χ1n) is 15.0. The molecule has 2 aromatic carbocycles. The largest absolute Gasteiger partial charge is 0.490 e. The van der Waals surface area contributed by atoms with E-state index in [1.807, 2.05) is 6.92 Å². The fourth-order valence-electron chi connectivity index (χ4n) is 5.95. The normalized spacial score (nSPS) is 16.4. The maximum atomic E-state index is 13.3. The minimum absolute atomic E-state index is 0.00484. The number of halogens is 1. The van der Waals surface area contributed by atoms with Crippen LogP contribution in [0.25, 0.3) is 22.4 Å². The molecular weight excluding hydrogens is 600 g/mol. The van der Waals surface area contributed by atoms with Crippen molar-refractivity contribution in [1.82, 2.24) is 24.8 Å². The summed E-state index contributed by atoms with van der Waals surface area (Å²) in [6.45, 7) is 4.69. The van der Waals surface area contributed by atoms with Gasteiger partial charge in [-0.25, -0.2) is 4.98 Å². The number of piperidine rings is 1. The third-order valence-corrected chi connectivity index (χ3v) is 8.92. The first kappa shape index (κ1) is 30.8. The van der Waals surface area contributed by atoms with Gasteiger partial charge in [0.05, 0.1) is 34.5 Å². The molecule has 4 heterocycles. The summed E-state index contributed by atoms with van der Waals surface area (Å²) in [4.78, 5) is 53.5. The Balaban J connectivity index is 1.16. The van der Waals surface area contributed by atoms with Gasteiger partial charge in [-0.05, 0) is 69.1 Å². The van der Waals surface area contributed by atoms with Crippen molar-refractivity contribution in [3.05, 3.63) is 74.7 Å². The van der Waals surface area contributed by atoms with Crippen LogP contribution in [0.2, 0.25) is 5.02 Å². The lowest BCUT2D eigenvalue weighted by atomic mass is 9.96. The Morgan fingerprint density at radius 2 is 1.89 bits per heavy atom. The van der Waals surface area contributed by atoms with Gasteiger partial charge in [0.1, 0.15) is 29.8 Å². The number of carbonyl (C=O) groups excluding carboxylic acids is 2. The van der Waals surface area contributed by atoms with E-state index in [0.29, 0.717) is 51.7 Å². The molecule has 1 saturated heterocycles. The SMILES string of the molecule is Cc1c(Cl)cccc1OCC(O)CNc1cc[nH]c(=O)c1-c1nc2cc3c(cc2[nH]1)C(=O)N(CC1CCN(CCO)CC1)C3=O. The molecule has 1 unspecified atom stereocenters. The van der Waals surface area contributed by atoms with Crippen molar-refractivity contribution in [2.75, 3.05) is 51.3 Å². The van der Waals surface area contributed by atoms with Crippen molar-refractivity contribution >= 4 is 40.1 Å². The summed E-state index contributed by atoms with van der Waals surface area (Å²) >= 11 is 6.15. The number of hydrogen-bond acceptors (Lipinski definition) is 9. The number of nitrogens with zero attached hydrogens (tertiary/aromatic N) is 3. The number of likely N-dealkylation sites (tertiary alicyclic amines) is 1. The molecule has 2 aliphatic rings. The lowest BCUT2D eigenvalue weighted by Gasteiger charge is -2.32. The molecular formula is C32H35ClN6O6. The van der Waals surface area contributed by atoms with Gasteiger partial charge in [0.2, 0.25) is 0 Å². The number of hydrogen-bond donors (Lipinski definition) is 5. The molecule has 5 N–H and O–H groups in total. The highest BCUT2D eigenvalue weighted by molar-refractivity contribution is 6.31.